The van der Waals surface area contributed by atoms with Crippen LogP contribution in [0, 0.1) is 0 Å². The van der Waals surface area contributed by atoms with Crippen LogP contribution in [0.15, 0.2) is 48.5 Å². The normalized spacial score (nSPS) is 9.41. The van der Waals surface area contributed by atoms with Crippen LogP contribution in [0.3, 0.4) is 0 Å². The van der Waals surface area contributed by atoms with Gasteiger partial charge in [-0.3, -0.25) is 9.59 Å². The average molecular weight is 321 g/mol. The Bertz CT molecular complexity index is 645. The van der Waals surface area contributed by atoms with Crippen molar-refractivity contribution in [2.45, 2.75) is 0 Å². The first-order chi connectivity index (χ1) is 10.5. The Hall–Kier alpha value is -2.37. The number of ketones is 1. The first-order valence-corrected chi connectivity index (χ1v) is 6.86. The fourth-order valence-corrected chi connectivity index (χ4v) is 1.84. The zero-order chi connectivity index (χ0) is 16.5. The van der Waals surface area contributed by atoms with Gasteiger partial charge in [0.15, 0.2) is 5.78 Å². The standard InChI is InChI=1S/C14H12ClNO.C2H5NO2/c1-16-13-8-7-11(15)9-12(13)14(17)10-5-3-2-4-6-10;3-1-2(4)5/h2-9,16H,1H3;1,3H2,(H,4,5). The quantitative estimate of drug-likeness (QED) is 0.753. The average Bonchev–Trinajstić information content (AvgIpc) is 2.55. The molecule has 116 valence electrons. The number of carbonyl (C=O) groups is 2. The van der Waals surface area contributed by atoms with Gasteiger partial charge in [0.25, 0.3) is 0 Å². The molecular weight excluding hydrogens is 304 g/mol. The Morgan fingerprint density at radius 2 is 1.77 bits per heavy atom. The highest BCUT2D eigenvalue weighted by molar-refractivity contribution is 6.31. The lowest BCUT2D eigenvalue weighted by Crippen LogP contribution is -2.10. The number of benzene rings is 2. The third-order valence-electron chi connectivity index (χ3n) is 2.71. The van der Waals surface area contributed by atoms with Gasteiger partial charge in [-0.1, -0.05) is 41.9 Å². The van der Waals surface area contributed by atoms with Crippen molar-refractivity contribution >= 4 is 29.0 Å². The fraction of sp³-hybridized carbons (Fsp3) is 0.125. The molecule has 0 saturated heterocycles. The summed E-state index contributed by atoms with van der Waals surface area (Å²) < 4.78 is 0. The second-order valence-electron chi connectivity index (χ2n) is 4.23. The first-order valence-electron chi connectivity index (χ1n) is 6.48. The van der Waals surface area contributed by atoms with E-state index in [1.807, 2.05) is 18.2 Å². The van der Waals surface area contributed by atoms with Crippen molar-refractivity contribution in [3.63, 3.8) is 0 Å². The number of nitrogens with two attached hydrogens (primary N) is 1. The van der Waals surface area contributed by atoms with Gasteiger partial charge in [0.05, 0.1) is 6.54 Å². The van der Waals surface area contributed by atoms with Crippen LogP contribution in [-0.4, -0.2) is 30.5 Å². The summed E-state index contributed by atoms with van der Waals surface area (Å²) in [6.07, 6.45) is 0. The van der Waals surface area contributed by atoms with E-state index in [9.17, 15) is 9.59 Å². The van der Waals surface area contributed by atoms with Gasteiger partial charge in [0, 0.05) is 28.9 Å². The summed E-state index contributed by atoms with van der Waals surface area (Å²) in [5.41, 5.74) is 6.60. The predicted molar refractivity (Wildman–Crippen MR) is 87.6 cm³/mol. The molecule has 0 saturated carbocycles. The number of carboxylic acids is 1. The first kappa shape index (κ1) is 17.7. The second kappa shape index (κ2) is 8.81. The number of aliphatic carboxylic acids is 1. The molecule has 0 aliphatic rings. The molecule has 0 atom stereocenters. The molecule has 6 heteroatoms. The van der Waals surface area contributed by atoms with Crippen LogP contribution in [0.25, 0.3) is 0 Å². The summed E-state index contributed by atoms with van der Waals surface area (Å²) >= 11 is 5.93. The monoisotopic (exact) mass is 320 g/mol. The van der Waals surface area contributed by atoms with Crippen LogP contribution >= 0.6 is 11.6 Å². The smallest absolute Gasteiger partial charge is 0.317 e. The zero-order valence-electron chi connectivity index (χ0n) is 12.0. The number of carboxylic acid groups (broad SMARTS) is 1. The van der Waals surface area contributed by atoms with Crippen LogP contribution < -0.4 is 11.1 Å². The lowest BCUT2D eigenvalue weighted by molar-refractivity contribution is -0.135. The maximum atomic E-state index is 12.3. The van der Waals surface area contributed by atoms with E-state index in [1.165, 1.54) is 0 Å². The van der Waals surface area contributed by atoms with Crippen molar-refractivity contribution in [3.8, 4) is 0 Å². The van der Waals surface area contributed by atoms with Gasteiger partial charge in [-0.05, 0) is 18.2 Å². The molecule has 0 fully saturated rings. The molecular formula is C16H17ClN2O3. The molecule has 22 heavy (non-hydrogen) atoms. The number of hydrogen-bond acceptors (Lipinski definition) is 4. The highest BCUT2D eigenvalue weighted by Gasteiger charge is 2.13. The summed E-state index contributed by atoms with van der Waals surface area (Å²) in [5.74, 6) is -0.998. The van der Waals surface area contributed by atoms with Gasteiger partial charge in [-0.25, -0.2) is 0 Å². The highest BCUT2D eigenvalue weighted by Crippen LogP contribution is 2.23. The summed E-state index contributed by atoms with van der Waals surface area (Å²) in [5, 5.41) is 11.1. The van der Waals surface area contributed by atoms with E-state index in [0.717, 1.165) is 5.69 Å². The summed E-state index contributed by atoms with van der Waals surface area (Å²) in [7, 11) is 1.78. The molecule has 0 bridgehead atoms. The van der Waals surface area contributed by atoms with Gasteiger partial charge in [0.1, 0.15) is 0 Å². The molecule has 2 aromatic carbocycles. The van der Waals surface area contributed by atoms with Gasteiger partial charge in [-0.15, -0.1) is 0 Å². The van der Waals surface area contributed by atoms with E-state index in [-0.39, 0.29) is 12.3 Å². The lowest BCUT2D eigenvalue weighted by atomic mass is 10.0. The molecule has 0 spiro atoms. The minimum atomic E-state index is -0.968. The molecule has 0 aliphatic heterocycles. The second-order valence-corrected chi connectivity index (χ2v) is 4.67. The minimum absolute atomic E-state index is 0.0301. The van der Waals surface area contributed by atoms with Crippen LogP contribution in [0.1, 0.15) is 15.9 Å². The molecule has 2 aromatic rings. The van der Waals surface area contributed by atoms with Gasteiger partial charge in [-0.2, -0.15) is 0 Å². The Balaban J connectivity index is 0.000000422. The third-order valence-corrected chi connectivity index (χ3v) is 2.94. The van der Waals surface area contributed by atoms with E-state index >= 15 is 0 Å². The minimum Gasteiger partial charge on any atom is -0.480 e. The largest absolute Gasteiger partial charge is 0.480 e. The molecule has 2 rings (SSSR count). The number of nitrogens with one attached hydrogen (secondary N) is 1. The van der Waals surface area contributed by atoms with Crippen molar-refractivity contribution in [1.82, 2.24) is 0 Å². The number of halogens is 1. The Morgan fingerprint density at radius 1 is 1.18 bits per heavy atom. The van der Waals surface area contributed by atoms with Crippen molar-refractivity contribution in [2.24, 2.45) is 5.73 Å². The third kappa shape index (κ3) is 5.20. The zero-order valence-corrected chi connectivity index (χ0v) is 12.8. The SMILES string of the molecule is CNc1ccc(Cl)cc1C(=O)c1ccccc1.NCC(=O)O. The topological polar surface area (TPSA) is 92.4 Å². The van der Waals surface area contributed by atoms with E-state index in [4.69, 9.17) is 16.7 Å². The maximum Gasteiger partial charge on any atom is 0.317 e. The van der Waals surface area contributed by atoms with Crippen molar-refractivity contribution in [1.29, 1.82) is 0 Å². The summed E-state index contributed by atoms with van der Waals surface area (Å²) in [6.45, 7) is -0.278. The molecule has 0 aliphatic carbocycles. The Morgan fingerprint density at radius 3 is 2.27 bits per heavy atom. The lowest BCUT2D eigenvalue weighted by Gasteiger charge is -2.08. The molecule has 5 nitrogen and oxygen atoms in total. The molecule has 0 aromatic heterocycles. The molecule has 0 heterocycles. The van der Waals surface area contributed by atoms with Crippen molar-refractivity contribution in [3.05, 3.63) is 64.7 Å². The molecule has 0 unspecified atom stereocenters. The predicted octanol–water partition coefficient (Wildman–Crippen LogP) is 2.64. The van der Waals surface area contributed by atoms with Gasteiger partial charge < -0.3 is 16.2 Å². The van der Waals surface area contributed by atoms with Gasteiger partial charge in [0.2, 0.25) is 0 Å². The number of carbonyl (C=O) groups excluding carboxylic acids is 1. The maximum absolute atomic E-state index is 12.3. The summed E-state index contributed by atoms with van der Waals surface area (Å²) in [4.78, 5) is 21.5. The molecule has 0 amide bonds. The van der Waals surface area contributed by atoms with Crippen LogP contribution in [0.2, 0.25) is 5.02 Å². The van der Waals surface area contributed by atoms with Crippen molar-refractivity contribution < 1.29 is 14.7 Å². The Kier molecular flexibility index (Phi) is 7.08. The highest BCUT2D eigenvalue weighted by atomic mass is 35.5. The number of anilines is 1. The summed E-state index contributed by atoms with van der Waals surface area (Å²) in [6, 6.07) is 14.4. The van der Waals surface area contributed by atoms with Gasteiger partial charge >= 0.3 is 5.97 Å². The molecule has 4 N–H and O–H groups in total. The van der Waals surface area contributed by atoms with Crippen LogP contribution in [0.4, 0.5) is 5.69 Å². The van der Waals surface area contributed by atoms with Crippen LogP contribution in [-0.2, 0) is 4.79 Å². The van der Waals surface area contributed by atoms with E-state index in [0.29, 0.717) is 16.1 Å². The van der Waals surface area contributed by atoms with Crippen molar-refractivity contribution in [2.75, 3.05) is 18.9 Å². The molecule has 0 radical (unpaired) electrons. The van der Waals surface area contributed by atoms with E-state index in [1.54, 1.807) is 37.4 Å². The Labute approximate surface area is 133 Å². The van der Waals surface area contributed by atoms with Crippen LogP contribution in [0.5, 0.6) is 0 Å². The number of rotatable bonds is 4. The van der Waals surface area contributed by atoms with E-state index in [2.05, 4.69) is 11.1 Å². The van der Waals surface area contributed by atoms with E-state index < -0.39 is 5.97 Å². The number of hydrogen-bond donors (Lipinski definition) is 3. The fourth-order valence-electron chi connectivity index (χ4n) is 1.67.